The molecule has 74 heavy (non-hydrogen) atoms. The molecular formula is C42H71N11O21. The van der Waals surface area contributed by atoms with E-state index in [1.807, 2.05) is 0 Å². The number of aliphatic hydroxyl groups is 5. The van der Waals surface area contributed by atoms with E-state index in [1.54, 1.807) is 0 Å². The maximum Gasteiger partial charge on any atom is 0.322 e. The van der Waals surface area contributed by atoms with Crippen LogP contribution < -0.4 is 59.7 Å². The molecule has 20 N–H and O–H groups in total. The van der Waals surface area contributed by atoms with Crippen molar-refractivity contribution in [2.24, 2.45) is 17.2 Å². The number of aliphatic hydroxyl groups excluding tert-OH is 5. The number of primary amides is 2. The van der Waals surface area contributed by atoms with Crippen LogP contribution in [0.25, 0.3) is 0 Å². The normalized spacial score (nSPS) is 25.9. The maximum absolute atomic E-state index is 13.6. The third-order valence-corrected chi connectivity index (χ3v) is 11.4. The van der Waals surface area contributed by atoms with Crippen molar-refractivity contribution in [1.29, 1.82) is 0 Å². The van der Waals surface area contributed by atoms with Crippen LogP contribution >= 0.6 is 0 Å². The minimum absolute atomic E-state index is 0.0657. The molecule has 0 aromatic rings. The Hall–Kier alpha value is -6.23. The third-order valence-electron chi connectivity index (χ3n) is 11.4. The fraction of sp³-hybridized carbons (Fsp3) is 0.738. The van der Waals surface area contributed by atoms with Crippen LogP contribution in [0.3, 0.4) is 0 Å². The molecule has 0 saturated carbocycles. The standard InChI is InChI=1S/C42H71N11O21/c1-16(37(66)47-13-28(60)61)49-40(69)23(8-6-7-11-46-27(59)12-21(43)35(44)64)52-26(58)10-9-22(36(45)65)53-38(67)17(2)48-39(68)18(3)71-34-30(51-20(5)57)41(70)72-25(15-55)33(34)74-42-29(50-19(4)56)32(63)31(62)24(14-54)73-42/h16-18,21-25,29-34,41-42,54-55,62-63,70H,6-15,43H2,1-5H3,(H2,44,64)(H2,45,65)(H,46,59)(H,47,66)(H,48,68)(H,49,69)(H,50,56)(H,51,57)(H,52,58)(H,53,67)(H,60,61). The lowest BCUT2D eigenvalue weighted by molar-refractivity contribution is -0.333. The molecule has 16 unspecified atom stereocenters. The van der Waals surface area contributed by atoms with Gasteiger partial charge in [-0.25, -0.2) is 0 Å². The third kappa shape index (κ3) is 20.6. The largest absolute Gasteiger partial charge is 0.480 e. The van der Waals surface area contributed by atoms with E-state index in [0.717, 1.165) is 13.8 Å². The topological polar surface area (TPSA) is 520 Å². The number of hydrogen-bond acceptors (Lipinski definition) is 21. The summed E-state index contributed by atoms with van der Waals surface area (Å²) in [6.45, 7) is 3.39. The van der Waals surface area contributed by atoms with Crippen LogP contribution in [-0.2, 0) is 71.7 Å². The van der Waals surface area contributed by atoms with Crippen LogP contribution in [0.15, 0.2) is 0 Å². The van der Waals surface area contributed by atoms with E-state index in [2.05, 4.69) is 42.5 Å². The molecular weight excluding hydrogens is 995 g/mol. The average molecular weight is 1070 g/mol. The summed E-state index contributed by atoms with van der Waals surface area (Å²) >= 11 is 0. The summed E-state index contributed by atoms with van der Waals surface area (Å²) in [6, 6.07) is -9.87. The van der Waals surface area contributed by atoms with E-state index in [9.17, 15) is 78.3 Å². The van der Waals surface area contributed by atoms with E-state index in [-0.39, 0.29) is 32.2 Å². The number of nitrogens with one attached hydrogen (secondary N) is 8. The average Bonchev–Trinajstić information content (AvgIpc) is 3.32. The number of carbonyl (C=O) groups excluding carboxylic acids is 10. The molecule has 420 valence electrons. The number of ether oxygens (including phenoxy) is 4. The highest BCUT2D eigenvalue weighted by Crippen LogP contribution is 2.31. The lowest BCUT2D eigenvalue weighted by Gasteiger charge is -2.48. The van der Waals surface area contributed by atoms with E-state index in [1.165, 1.54) is 20.8 Å². The smallest absolute Gasteiger partial charge is 0.322 e. The lowest BCUT2D eigenvalue weighted by Crippen LogP contribution is -2.70. The van der Waals surface area contributed by atoms with E-state index in [4.69, 9.17) is 41.3 Å². The van der Waals surface area contributed by atoms with Gasteiger partial charge in [0.15, 0.2) is 12.6 Å². The molecule has 0 spiro atoms. The summed E-state index contributed by atoms with van der Waals surface area (Å²) in [6.07, 6.45) is -16.0. The Labute approximate surface area is 423 Å². The highest BCUT2D eigenvalue weighted by molar-refractivity contribution is 5.94. The fourth-order valence-electron chi connectivity index (χ4n) is 7.38. The fourth-order valence-corrected chi connectivity index (χ4v) is 7.38. The van der Waals surface area contributed by atoms with Gasteiger partial charge in [0.2, 0.25) is 59.1 Å². The molecule has 0 aromatic carbocycles. The first kappa shape index (κ1) is 63.9. The number of aliphatic carboxylic acids is 1. The number of carboxylic acids is 1. The van der Waals surface area contributed by atoms with Crippen molar-refractivity contribution in [3.63, 3.8) is 0 Å². The zero-order chi connectivity index (χ0) is 56.1. The first-order chi connectivity index (χ1) is 34.6. The maximum atomic E-state index is 13.6. The zero-order valence-electron chi connectivity index (χ0n) is 41.3. The molecule has 32 nitrogen and oxygen atoms in total. The number of rotatable bonds is 30. The van der Waals surface area contributed by atoms with Crippen molar-refractivity contribution in [3.8, 4) is 0 Å². The minimum Gasteiger partial charge on any atom is -0.480 e. The van der Waals surface area contributed by atoms with Crippen molar-refractivity contribution in [2.75, 3.05) is 26.3 Å². The van der Waals surface area contributed by atoms with Crippen molar-refractivity contribution >= 4 is 65.0 Å². The molecule has 0 radical (unpaired) electrons. The van der Waals surface area contributed by atoms with Crippen LogP contribution in [0.2, 0.25) is 0 Å². The molecule has 2 aliphatic heterocycles. The summed E-state index contributed by atoms with van der Waals surface area (Å²) in [5.74, 6) is -9.93. The highest BCUT2D eigenvalue weighted by Gasteiger charge is 2.53. The molecule has 2 fully saturated rings. The predicted molar refractivity (Wildman–Crippen MR) is 247 cm³/mol. The predicted octanol–water partition coefficient (Wildman–Crippen LogP) is -9.76. The number of nitrogens with two attached hydrogens (primary N) is 3. The van der Waals surface area contributed by atoms with Gasteiger partial charge in [-0.2, -0.15) is 0 Å². The summed E-state index contributed by atoms with van der Waals surface area (Å²) in [7, 11) is 0. The minimum atomic E-state index is -1.91. The van der Waals surface area contributed by atoms with E-state index in [0.29, 0.717) is 0 Å². The Morgan fingerprint density at radius 1 is 0.635 bits per heavy atom. The monoisotopic (exact) mass is 1070 g/mol. The van der Waals surface area contributed by atoms with Crippen LogP contribution in [0.4, 0.5) is 0 Å². The van der Waals surface area contributed by atoms with Gasteiger partial charge in [0.05, 0.1) is 25.7 Å². The van der Waals surface area contributed by atoms with Gasteiger partial charge in [0.25, 0.3) is 0 Å². The highest BCUT2D eigenvalue weighted by atomic mass is 16.7. The van der Waals surface area contributed by atoms with Gasteiger partial charge in [-0.15, -0.1) is 0 Å². The molecule has 32 heteroatoms. The quantitative estimate of drug-likeness (QED) is 0.0297. The van der Waals surface area contributed by atoms with Gasteiger partial charge in [-0.1, -0.05) is 0 Å². The van der Waals surface area contributed by atoms with Gasteiger partial charge in [0.1, 0.15) is 85.5 Å². The molecule has 2 rings (SSSR count). The van der Waals surface area contributed by atoms with Crippen LogP contribution in [0.5, 0.6) is 0 Å². The first-order valence-corrected chi connectivity index (χ1v) is 23.3. The molecule has 0 aromatic heterocycles. The van der Waals surface area contributed by atoms with Crippen LogP contribution in [-0.4, -0.2) is 220 Å². The zero-order valence-corrected chi connectivity index (χ0v) is 41.3. The van der Waals surface area contributed by atoms with E-state index >= 15 is 0 Å². The van der Waals surface area contributed by atoms with Crippen molar-refractivity contribution in [2.45, 2.75) is 171 Å². The van der Waals surface area contributed by atoms with Crippen molar-refractivity contribution in [1.82, 2.24) is 42.5 Å². The number of amides is 10. The number of carbonyl (C=O) groups is 11. The van der Waals surface area contributed by atoms with Gasteiger partial charge in [0, 0.05) is 26.8 Å². The van der Waals surface area contributed by atoms with Gasteiger partial charge >= 0.3 is 5.97 Å². The molecule has 0 aliphatic carbocycles. The SMILES string of the molecule is CC(=O)NC1C(OC2C(CO)OC(O)C(NC(C)=O)C2OC(C)C(=O)NC(C)C(=O)NC(CCC(=O)NC(CCCCNC(=O)CC(N)C(N)=O)C(=O)NC(C)C(=O)NCC(=O)O)C(N)=O)OC(CO)C(O)C1O. The molecule has 2 saturated heterocycles. The van der Waals surface area contributed by atoms with Crippen LogP contribution in [0.1, 0.15) is 73.1 Å². The Balaban J connectivity index is 2.19. The molecule has 0 bridgehead atoms. The van der Waals surface area contributed by atoms with Gasteiger partial charge < -0.3 is 109 Å². The summed E-state index contributed by atoms with van der Waals surface area (Å²) in [4.78, 5) is 137. The van der Waals surface area contributed by atoms with Crippen molar-refractivity contribution in [3.05, 3.63) is 0 Å². The van der Waals surface area contributed by atoms with Crippen LogP contribution in [0, 0.1) is 0 Å². The van der Waals surface area contributed by atoms with Gasteiger partial charge in [-0.05, 0) is 46.5 Å². The second kappa shape index (κ2) is 30.8. The number of carboxylic acid groups (broad SMARTS) is 1. The molecule has 2 heterocycles. The Bertz CT molecular complexity index is 1990. The molecule has 10 amide bonds. The first-order valence-electron chi connectivity index (χ1n) is 23.3. The Morgan fingerprint density at radius 3 is 1.80 bits per heavy atom. The molecule has 16 atom stereocenters. The van der Waals surface area contributed by atoms with Crippen molar-refractivity contribution < 1.29 is 102 Å². The number of unbranched alkanes of at least 4 members (excludes halogenated alkanes) is 1. The Morgan fingerprint density at radius 2 is 1.23 bits per heavy atom. The summed E-state index contributed by atoms with van der Waals surface area (Å²) in [5.41, 5.74) is 16.1. The van der Waals surface area contributed by atoms with E-state index < -0.39 is 195 Å². The number of hydrogen-bond donors (Lipinski definition) is 17. The second-order valence-electron chi connectivity index (χ2n) is 17.5. The Kier molecular flexibility index (Phi) is 26.6. The summed E-state index contributed by atoms with van der Waals surface area (Å²) in [5, 5.41) is 80.1. The van der Waals surface area contributed by atoms with Gasteiger partial charge in [-0.3, -0.25) is 52.7 Å². The lowest BCUT2D eigenvalue weighted by atomic mass is 9.94. The second-order valence-corrected chi connectivity index (χ2v) is 17.5. The summed E-state index contributed by atoms with van der Waals surface area (Å²) < 4.78 is 23.2. The molecule has 2 aliphatic rings.